The van der Waals surface area contributed by atoms with Crippen LogP contribution in [0.4, 0.5) is 0 Å². The van der Waals surface area contributed by atoms with Crippen molar-refractivity contribution < 1.29 is 0 Å². The minimum atomic E-state index is 0.289. The third-order valence-electron chi connectivity index (χ3n) is 3.14. The molecule has 1 atom stereocenters. The molecule has 0 amide bonds. The average molecular weight is 301 g/mol. The van der Waals surface area contributed by atoms with Crippen molar-refractivity contribution in [3.05, 3.63) is 57.3 Å². The fourth-order valence-electron chi connectivity index (χ4n) is 2.06. The summed E-state index contributed by atoms with van der Waals surface area (Å²) in [4.78, 5) is 10.1. The van der Waals surface area contributed by atoms with Crippen molar-refractivity contribution in [2.75, 3.05) is 7.05 Å². The Kier molecular flexibility index (Phi) is 4.20. The van der Waals surface area contributed by atoms with Gasteiger partial charge in [-0.3, -0.25) is 4.98 Å². The van der Waals surface area contributed by atoms with Crippen molar-refractivity contribution in [1.82, 2.24) is 15.3 Å². The van der Waals surface area contributed by atoms with Crippen LogP contribution in [0.2, 0.25) is 0 Å². The molecule has 3 aromatic rings. The molecule has 3 nitrogen and oxygen atoms in total. The second kappa shape index (κ2) is 6.26. The standard InChI is InChI=1S/C15H15N3S2/c1-16-12(14-8-17-10-20-14)7-15-18-13(9-19-15)11-5-3-2-4-6-11/h2-6,8-10,12,16H,7H2,1H3. The van der Waals surface area contributed by atoms with Crippen molar-refractivity contribution in [3.8, 4) is 11.3 Å². The number of benzene rings is 1. The molecule has 0 aliphatic heterocycles. The van der Waals surface area contributed by atoms with Gasteiger partial charge in [-0.15, -0.1) is 22.7 Å². The fourth-order valence-corrected chi connectivity index (χ4v) is 3.64. The molecule has 20 heavy (non-hydrogen) atoms. The second-order valence-electron chi connectivity index (χ2n) is 4.44. The van der Waals surface area contributed by atoms with Crippen LogP contribution < -0.4 is 5.32 Å². The van der Waals surface area contributed by atoms with Crippen LogP contribution in [0.3, 0.4) is 0 Å². The number of nitrogens with one attached hydrogen (secondary N) is 1. The normalized spacial score (nSPS) is 12.4. The van der Waals surface area contributed by atoms with Crippen LogP contribution in [0.25, 0.3) is 11.3 Å². The molecule has 0 spiro atoms. The molecule has 3 rings (SSSR count). The summed E-state index contributed by atoms with van der Waals surface area (Å²) >= 11 is 3.40. The van der Waals surface area contributed by atoms with Gasteiger partial charge in [0.2, 0.25) is 0 Å². The van der Waals surface area contributed by atoms with Crippen LogP contribution in [0.5, 0.6) is 0 Å². The maximum atomic E-state index is 4.74. The highest BCUT2D eigenvalue weighted by Crippen LogP contribution is 2.26. The van der Waals surface area contributed by atoms with Gasteiger partial charge in [-0.25, -0.2) is 4.98 Å². The zero-order valence-electron chi connectivity index (χ0n) is 11.1. The Morgan fingerprint density at radius 3 is 2.75 bits per heavy atom. The summed E-state index contributed by atoms with van der Waals surface area (Å²) in [5, 5.41) is 6.62. The van der Waals surface area contributed by atoms with E-state index in [-0.39, 0.29) is 6.04 Å². The SMILES string of the molecule is CNC(Cc1nc(-c2ccccc2)cs1)c1cncs1. The molecule has 0 aliphatic carbocycles. The highest BCUT2D eigenvalue weighted by molar-refractivity contribution is 7.10. The van der Waals surface area contributed by atoms with E-state index in [1.807, 2.05) is 37.0 Å². The molecule has 0 aliphatic rings. The van der Waals surface area contributed by atoms with Crippen LogP contribution in [0, 0.1) is 0 Å². The third kappa shape index (κ3) is 2.95. The molecule has 0 saturated heterocycles. The lowest BCUT2D eigenvalue weighted by molar-refractivity contribution is 0.599. The summed E-state index contributed by atoms with van der Waals surface area (Å²) in [6.07, 6.45) is 2.83. The van der Waals surface area contributed by atoms with Crippen molar-refractivity contribution in [2.24, 2.45) is 0 Å². The van der Waals surface area contributed by atoms with Crippen molar-refractivity contribution in [1.29, 1.82) is 0 Å². The van der Waals surface area contributed by atoms with Crippen LogP contribution in [-0.2, 0) is 6.42 Å². The summed E-state index contributed by atoms with van der Waals surface area (Å²) < 4.78 is 0. The summed E-state index contributed by atoms with van der Waals surface area (Å²) in [5.41, 5.74) is 4.11. The van der Waals surface area contributed by atoms with Crippen LogP contribution >= 0.6 is 22.7 Å². The van der Waals surface area contributed by atoms with Gasteiger partial charge in [0.1, 0.15) is 0 Å². The van der Waals surface area contributed by atoms with Gasteiger partial charge in [0.15, 0.2) is 0 Å². The first-order chi connectivity index (χ1) is 9.86. The fraction of sp³-hybridized carbons (Fsp3) is 0.200. The highest BCUT2D eigenvalue weighted by atomic mass is 32.1. The van der Waals surface area contributed by atoms with E-state index < -0.39 is 0 Å². The first-order valence-electron chi connectivity index (χ1n) is 6.42. The molecular formula is C15H15N3S2. The van der Waals surface area contributed by atoms with E-state index in [1.165, 1.54) is 10.4 Å². The van der Waals surface area contributed by atoms with Gasteiger partial charge in [0.05, 0.1) is 16.2 Å². The van der Waals surface area contributed by atoms with E-state index in [9.17, 15) is 0 Å². The summed E-state index contributed by atoms with van der Waals surface area (Å²) in [6.45, 7) is 0. The van der Waals surface area contributed by atoms with Crippen LogP contribution in [-0.4, -0.2) is 17.0 Å². The Hall–Kier alpha value is -1.56. The summed E-state index contributed by atoms with van der Waals surface area (Å²) in [7, 11) is 1.98. The quantitative estimate of drug-likeness (QED) is 0.779. The van der Waals surface area contributed by atoms with Crippen molar-refractivity contribution in [3.63, 3.8) is 0 Å². The Balaban J connectivity index is 1.77. The zero-order chi connectivity index (χ0) is 13.8. The molecule has 0 radical (unpaired) electrons. The molecule has 1 N–H and O–H groups in total. The molecule has 102 valence electrons. The maximum absolute atomic E-state index is 4.74. The van der Waals surface area contributed by atoms with Gasteiger partial charge < -0.3 is 5.32 Å². The Bertz CT molecular complexity index is 647. The van der Waals surface area contributed by atoms with Gasteiger partial charge in [-0.1, -0.05) is 30.3 Å². The average Bonchev–Trinajstić information content (AvgIpc) is 3.17. The minimum Gasteiger partial charge on any atom is -0.312 e. The summed E-state index contributed by atoms with van der Waals surface area (Å²) in [6, 6.07) is 10.6. The smallest absolute Gasteiger partial charge is 0.0951 e. The van der Waals surface area contributed by atoms with E-state index >= 15 is 0 Å². The zero-order valence-corrected chi connectivity index (χ0v) is 12.7. The molecule has 0 fully saturated rings. The van der Waals surface area contributed by atoms with E-state index in [2.05, 4.69) is 27.8 Å². The maximum Gasteiger partial charge on any atom is 0.0951 e. The molecule has 1 aromatic carbocycles. The number of hydrogen-bond donors (Lipinski definition) is 1. The van der Waals surface area contributed by atoms with E-state index in [0.29, 0.717) is 0 Å². The Morgan fingerprint density at radius 1 is 1.20 bits per heavy atom. The number of hydrogen-bond acceptors (Lipinski definition) is 5. The summed E-state index contributed by atoms with van der Waals surface area (Å²) in [5.74, 6) is 0. The first kappa shape index (κ1) is 13.4. The van der Waals surface area contributed by atoms with Gasteiger partial charge in [0.25, 0.3) is 0 Å². The van der Waals surface area contributed by atoms with Crippen LogP contribution in [0.1, 0.15) is 15.9 Å². The van der Waals surface area contributed by atoms with E-state index in [0.717, 1.165) is 17.1 Å². The van der Waals surface area contributed by atoms with Gasteiger partial charge >= 0.3 is 0 Å². The largest absolute Gasteiger partial charge is 0.312 e. The first-order valence-corrected chi connectivity index (χ1v) is 8.18. The van der Waals surface area contributed by atoms with Gasteiger partial charge in [0, 0.05) is 34.5 Å². The molecule has 2 heterocycles. The topological polar surface area (TPSA) is 37.8 Å². The number of rotatable bonds is 5. The molecular weight excluding hydrogens is 286 g/mol. The van der Waals surface area contributed by atoms with Crippen LogP contribution in [0.15, 0.2) is 47.4 Å². The number of nitrogens with zero attached hydrogens (tertiary/aromatic N) is 2. The predicted octanol–water partition coefficient (Wildman–Crippen LogP) is 3.77. The van der Waals surface area contributed by atoms with Crippen molar-refractivity contribution >= 4 is 22.7 Å². The Labute approximate surface area is 126 Å². The van der Waals surface area contributed by atoms with Gasteiger partial charge in [-0.2, -0.15) is 0 Å². The molecule has 0 bridgehead atoms. The second-order valence-corrected chi connectivity index (χ2v) is 6.30. The molecule has 5 heteroatoms. The van der Waals surface area contributed by atoms with Gasteiger partial charge in [-0.05, 0) is 7.05 Å². The monoisotopic (exact) mass is 301 g/mol. The molecule has 0 saturated carbocycles. The van der Waals surface area contributed by atoms with E-state index in [1.54, 1.807) is 22.7 Å². The molecule has 2 aromatic heterocycles. The highest BCUT2D eigenvalue weighted by Gasteiger charge is 2.14. The lowest BCUT2D eigenvalue weighted by Crippen LogP contribution is -2.17. The number of aromatic nitrogens is 2. The molecule has 1 unspecified atom stereocenters. The van der Waals surface area contributed by atoms with Crippen molar-refractivity contribution in [2.45, 2.75) is 12.5 Å². The lowest BCUT2D eigenvalue weighted by atomic mass is 10.2. The lowest BCUT2D eigenvalue weighted by Gasteiger charge is -2.11. The predicted molar refractivity (Wildman–Crippen MR) is 85.2 cm³/mol. The minimum absolute atomic E-state index is 0.289. The third-order valence-corrected chi connectivity index (χ3v) is 4.90. The number of thiazole rings is 2. The Morgan fingerprint density at radius 2 is 2.05 bits per heavy atom. The number of likely N-dealkylation sites (N-methyl/N-ethyl adjacent to an activating group) is 1. The van der Waals surface area contributed by atoms with E-state index in [4.69, 9.17) is 4.98 Å².